The number of ketones is 1. The molecule has 1 aromatic carbocycles. The van der Waals surface area contributed by atoms with Gasteiger partial charge < -0.3 is 9.73 Å². The van der Waals surface area contributed by atoms with Crippen molar-refractivity contribution in [1.82, 2.24) is 5.32 Å². The van der Waals surface area contributed by atoms with Gasteiger partial charge in [0, 0.05) is 11.8 Å². The number of benzene rings is 1. The highest BCUT2D eigenvalue weighted by atomic mass is 16.3. The number of furan rings is 1. The van der Waals surface area contributed by atoms with Gasteiger partial charge in [-0.25, -0.2) is 0 Å². The van der Waals surface area contributed by atoms with Gasteiger partial charge in [0.25, 0.3) is 5.91 Å². The van der Waals surface area contributed by atoms with Gasteiger partial charge in [0.05, 0.1) is 18.1 Å². The van der Waals surface area contributed by atoms with Crippen molar-refractivity contribution in [3.05, 3.63) is 77.9 Å². The normalized spacial score (nSPS) is 11.6. The van der Waals surface area contributed by atoms with Crippen LogP contribution in [0.4, 0.5) is 0 Å². The molecule has 0 aliphatic rings. The summed E-state index contributed by atoms with van der Waals surface area (Å²) in [4.78, 5) is 23.6. The van der Waals surface area contributed by atoms with Crippen molar-refractivity contribution in [2.75, 3.05) is 0 Å². The smallest absolute Gasteiger partial charge is 0.258 e. The van der Waals surface area contributed by atoms with Crippen molar-refractivity contribution in [3.8, 4) is 0 Å². The van der Waals surface area contributed by atoms with Crippen molar-refractivity contribution in [2.24, 2.45) is 0 Å². The second kappa shape index (κ2) is 7.78. The third-order valence-electron chi connectivity index (χ3n) is 3.01. The first kappa shape index (κ1) is 15.5. The van der Waals surface area contributed by atoms with Crippen molar-refractivity contribution in [3.63, 3.8) is 0 Å². The van der Waals surface area contributed by atoms with Crippen LogP contribution in [0.5, 0.6) is 0 Å². The third-order valence-corrected chi connectivity index (χ3v) is 3.01. The van der Waals surface area contributed by atoms with E-state index in [1.165, 1.54) is 25.5 Å². The van der Waals surface area contributed by atoms with E-state index in [-0.39, 0.29) is 11.4 Å². The molecule has 2 rings (SSSR count). The summed E-state index contributed by atoms with van der Waals surface area (Å²) in [5.41, 5.74) is 1.91. The van der Waals surface area contributed by atoms with Crippen LogP contribution in [0.1, 0.15) is 18.1 Å². The van der Waals surface area contributed by atoms with Crippen LogP contribution < -0.4 is 5.32 Å². The monoisotopic (exact) mass is 295 g/mol. The lowest BCUT2D eigenvalue weighted by atomic mass is 10.1. The predicted molar refractivity (Wildman–Crippen MR) is 84.8 cm³/mol. The number of carbonyl (C=O) groups excluding carboxylic acids is 2. The van der Waals surface area contributed by atoms with E-state index in [1.807, 2.05) is 36.4 Å². The summed E-state index contributed by atoms with van der Waals surface area (Å²) in [6.45, 7) is 1.36. The van der Waals surface area contributed by atoms with Crippen LogP contribution in [-0.4, -0.2) is 11.7 Å². The van der Waals surface area contributed by atoms with Gasteiger partial charge in [0.2, 0.25) is 0 Å². The standard InChI is InChI=1S/C18H17NO3/c1-14(20)17(12-16-9-11-22-13-16)18(21)19-10-5-8-15-6-3-2-4-7-15/h2-7,9-13H,8H2,1H3,(H,19,21). The van der Waals surface area contributed by atoms with Crippen molar-refractivity contribution < 1.29 is 14.0 Å². The van der Waals surface area contributed by atoms with Gasteiger partial charge in [0.15, 0.2) is 5.78 Å². The van der Waals surface area contributed by atoms with Crippen LogP contribution in [0.25, 0.3) is 6.08 Å². The number of hydrogen-bond donors (Lipinski definition) is 1. The van der Waals surface area contributed by atoms with Crippen molar-refractivity contribution in [2.45, 2.75) is 13.3 Å². The molecule has 1 N–H and O–H groups in total. The van der Waals surface area contributed by atoms with Gasteiger partial charge in [-0.3, -0.25) is 9.59 Å². The fourth-order valence-corrected chi connectivity index (χ4v) is 1.87. The topological polar surface area (TPSA) is 59.3 Å². The highest BCUT2D eigenvalue weighted by Gasteiger charge is 2.13. The minimum atomic E-state index is -0.432. The molecule has 22 heavy (non-hydrogen) atoms. The van der Waals surface area contributed by atoms with Gasteiger partial charge in [-0.1, -0.05) is 36.4 Å². The maximum atomic E-state index is 12.0. The second-order valence-corrected chi connectivity index (χ2v) is 4.74. The summed E-state index contributed by atoms with van der Waals surface area (Å²) in [5.74, 6) is -0.729. The Kier molecular flexibility index (Phi) is 5.49. The summed E-state index contributed by atoms with van der Waals surface area (Å²) >= 11 is 0. The molecule has 0 saturated heterocycles. The van der Waals surface area contributed by atoms with Crippen molar-refractivity contribution >= 4 is 17.8 Å². The van der Waals surface area contributed by atoms with E-state index in [4.69, 9.17) is 4.42 Å². The number of Topliss-reactive ketones (excluding diaryl/α,β-unsaturated/α-hetero) is 1. The van der Waals surface area contributed by atoms with E-state index in [0.29, 0.717) is 12.0 Å². The highest BCUT2D eigenvalue weighted by Crippen LogP contribution is 2.08. The minimum Gasteiger partial charge on any atom is -0.472 e. The molecule has 0 bridgehead atoms. The van der Waals surface area contributed by atoms with Crippen LogP contribution >= 0.6 is 0 Å². The fraction of sp³-hybridized carbons (Fsp3) is 0.111. The number of carbonyl (C=O) groups is 2. The maximum absolute atomic E-state index is 12.0. The first-order valence-electron chi connectivity index (χ1n) is 6.91. The van der Waals surface area contributed by atoms with Crippen LogP contribution in [0, 0.1) is 0 Å². The first-order valence-corrected chi connectivity index (χ1v) is 6.91. The van der Waals surface area contributed by atoms with Gasteiger partial charge in [-0.15, -0.1) is 0 Å². The molecule has 0 aliphatic carbocycles. The molecule has 4 nitrogen and oxygen atoms in total. The SMILES string of the molecule is CC(=O)C(=Cc1ccoc1)C(=O)NC=CCc1ccccc1. The zero-order valence-electron chi connectivity index (χ0n) is 12.3. The Balaban J connectivity index is 1.96. The number of allylic oxidation sites excluding steroid dienone is 1. The molecular formula is C18H17NO3. The molecule has 4 heteroatoms. The Bertz CT molecular complexity index is 682. The van der Waals surface area contributed by atoms with Crippen LogP contribution in [0.3, 0.4) is 0 Å². The lowest BCUT2D eigenvalue weighted by Gasteiger charge is -2.02. The lowest BCUT2D eigenvalue weighted by Crippen LogP contribution is -2.23. The number of nitrogens with one attached hydrogen (secondary N) is 1. The summed E-state index contributed by atoms with van der Waals surface area (Å²) in [6, 6.07) is 11.6. The van der Waals surface area contributed by atoms with E-state index in [9.17, 15) is 9.59 Å². The highest BCUT2D eigenvalue weighted by molar-refractivity contribution is 6.21. The second-order valence-electron chi connectivity index (χ2n) is 4.74. The van der Waals surface area contributed by atoms with Crippen molar-refractivity contribution in [1.29, 1.82) is 0 Å². The summed E-state index contributed by atoms with van der Waals surface area (Å²) in [7, 11) is 0. The molecule has 0 radical (unpaired) electrons. The van der Waals surface area contributed by atoms with E-state index >= 15 is 0 Å². The van der Waals surface area contributed by atoms with E-state index in [1.54, 1.807) is 12.3 Å². The zero-order valence-corrected chi connectivity index (χ0v) is 12.3. The Hall–Kier alpha value is -2.88. The van der Waals surface area contributed by atoms with Gasteiger partial charge in [-0.2, -0.15) is 0 Å². The van der Waals surface area contributed by atoms with Gasteiger partial charge >= 0.3 is 0 Å². The molecule has 112 valence electrons. The number of amides is 1. The molecule has 1 heterocycles. The fourth-order valence-electron chi connectivity index (χ4n) is 1.87. The molecule has 0 spiro atoms. The lowest BCUT2D eigenvalue weighted by molar-refractivity contribution is -0.121. The Labute approximate surface area is 129 Å². The summed E-state index contributed by atoms with van der Waals surface area (Å²) in [6.07, 6.45) is 8.57. The van der Waals surface area contributed by atoms with E-state index in [0.717, 1.165) is 5.56 Å². The molecule has 0 unspecified atom stereocenters. The average molecular weight is 295 g/mol. The van der Waals surface area contributed by atoms with Crippen LogP contribution in [0.2, 0.25) is 0 Å². The molecule has 1 amide bonds. The van der Waals surface area contributed by atoms with Crippen LogP contribution in [-0.2, 0) is 16.0 Å². The predicted octanol–water partition coefficient (Wildman–Crippen LogP) is 3.12. The van der Waals surface area contributed by atoms with E-state index < -0.39 is 5.91 Å². The molecule has 0 saturated carbocycles. The molecular weight excluding hydrogens is 278 g/mol. The third kappa shape index (κ3) is 4.59. The van der Waals surface area contributed by atoms with Gasteiger partial charge in [-0.05, 0) is 31.1 Å². The molecule has 0 aliphatic heterocycles. The zero-order chi connectivity index (χ0) is 15.8. The van der Waals surface area contributed by atoms with E-state index in [2.05, 4.69) is 5.32 Å². The van der Waals surface area contributed by atoms with Crippen LogP contribution in [0.15, 0.2) is 71.2 Å². The number of hydrogen-bond acceptors (Lipinski definition) is 3. The Morgan fingerprint density at radius 3 is 2.59 bits per heavy atom. The Morgan fingerprint density at radius 2 is 1.95 bits per heavy atom. The molecule has 0 atom stereocenters. The first-order chi connectivity index (χ1) is 10.7. The molecule has 1 aromatic heterocycles. The summed E-state index contributed by atoms with van der Waals surface area (Å²) < 4.78 is 4.92. The average Bonchev–Trinajstić information content (AvgIpc) is 3.03. The molecule has 0 fully saturated rings. The maximum Gasteiger partial charge on any atom is 0.258 e. The summed E-state index contributed by atoms with van der Waals surface area (Å²) in [5, 5.41) is 2.61. The van der Waals surface area contributed by atoms with Gasteiger partial charge in [0.1, 0.15) is 0 Å². The Morgan fingerprint density at radius 1 is 1.18 bits per heavy atom. The minimum absolute atomic E-state index is 0.0887. The quantitative estimate of drug-likeness (QED) is 0.506. The largest absolute Gasteiger partial charge is 0.472 e. The molecule has 2 aromatic rings. The number of rotatable bonds is 6.